The fourth-order valence-corrected chi connectivity index (χ4v) is 2.59. The maximum absolute atomic E-state index is 11.9. The Morgan fingerprint density at radius 2 is 1.86 bits per heavy atom. The molecule has 0 saturated heterocycles. The van der Waals surface area contributed by atoms with Gasteiger partial charge in [-0.15, -0.1) is 11.8 Å². The number of Topliss-reactive ketones (excluding diaryl/α,β-unsaturated/α-hetero) is 1. The zero-order valence-electron chi connectivity index (χ0n) is 12.2. The molecule has 2 N–H and O–H groups in total. The molecule has 0 radical (unpaired) electrons. The first-order valence-electron chi connectivity index (χ1n) is 6.82. The molecule has 0 aromatic heterocycles. The van der Waals surface area contributed by atoms with Gasteiger partial charge >= 0.3 is 5.97 Å². The summed E-state index contributed by atoms with van der Waals surface area (Å²) in [6, 6.07) is 5.66. The number of halogens is 1. The number of ketones is 1. The van der Waals surface area contributed by atoms with E-state index in [2.05, 4.69) is 5.32 Å². The number of benzene rings is 1. The maximum atomic E-state index is 11.9. The predicted molar refractivity (Wildman–Crippen MR) is 87.6 cm³/mol. The number of thioether (sulfide) groups is 1. The minimum Gasteiger partial charge on any atom is -0.480 e. The quantitative estimate of drug-likeness (QED) is 0.673. The van der Waals surface area contributed by atoms with Crippen molar-refractivity contribution in [2.24, 2.45) is 0 Å². The number of hydrogen-bond donors (Lipinski definition) is 2. The van der Waals surface area contributed by atoms with Gasteiger partial charge in [0.2, 0.25) is 5.91 Å². The highest BCUT2D eigenvalue weighted by Gasteiger charge is 2.18. The normalized spacial score (nSPS) is 11.7. The summed E-state index contributed by atoms with van der Waals surface area (Å²) in [6.07, 6.45) is 1.05. The van der Waals surface area contributed by atoms with Crippen molar-refractivity contribution >= 4 is 41.0 Å². The summed E-state index contributed by atoms with van der Waals surface area (Å²) in [6.45, 7) is 1.85. The SMILES string of the molecule is CCCC(NC(=O)CSCC(=O)c1ccc(Cl)cc1)C(=O)O. The molecule has 1 rings (SSSR count). The van der Waals surface area contributed by atoms with Gasteiger partial charge in [-0.1, -0.05) is 24.9 Å². The molecule has 0 heterocycles. The molecule has 0 spiro atoms. The first-order valence-corrected chi connectivity index (χ1v) is 8.36. The van der Waals surface area contributed by atoms with Crippen LogP contribution in [0.25, 0.3) is 0 Å². The lowest BCUT2D eigenvalue weighted by molar-refractivity contribution is -0.141. The molecule has 1 unspecified atom stereocenters. The fraction of sp³-hybridized carbons (Fsp3) is 0.400. The van der Waals surface area contributed by atoms with Gasteiger partial charge < -0.3 is 10.4 Å². The number of carboxylic acid groups (broad SMARTS) is 1. The molecule has 5 nitrogen and oxygen atoms in total. The molecule has 1 atom stereocenters. The molecule has 0 bridgehead atoms. The number of carbonyl (C=O) groups excluding carboxylic acids is 2. The standard InChI is InChI=1S/C15H18ClNO4S/c1-2-3-12(15(20)21)17-14(19)9-22-8-13(18)10-4-6-11(16)7-5-10/h4-7,12H,2-3,8-9H2,1H3,(H,17,19)(H,20,21). The lowest BCUT2D eigenvalue weighted by atomic mass is 10.1. The van der Waals surface area contributed by atoms with E-state index < -0.39 is 12.0 Å². The Morgan fingerprint density at radius 3 is 2.41 bits per heavy atom. The minimum absolute atomic E-state index is 0.0484. The van der Waals surface area contributed by atoms with Crippen LogP contribution in [0.4, 0.5) is 0 Å². The van der Waals surface area contributed by atoms with Gasteiger partial charge in [0.05, 0.1) is 11.5 Å². The monoisotopic (exact) mass is 343 g/mol. The Morgan fingerprint density at radius 1 is 1.23 bits per heavy atom. The van der Waals surface area contributed by atoms with Gasteiger partial charge in [-0.2, -0.15) is 0 Å². The van der Waals surface area contributed by atoms with Crippen molar-refractivity contribution in [1.82, 2.24) is 5.32 Å². The Labute approximate surface area is 138 Å². The van der Waals surface area contributed by atoms with Crippen LogP contribution in [0.1, 0.15) is 30.1 Å². The Balaban J connectivity index is 2.36. The van der Waals surface area contributed by atoms with E-state index in [0.717, 1.165) is 11.8 Å². The molecule has 1 aromatic rings. The first kappa shape index (κ1) is 18.5. The molecule has 0 aliphatic carbocycles. The molecule has 0 aliphatic heterocycles. The number of hydrogen-bond acceptors (Lipinski definition) is 4. The highest BCUT2D eigenvalue weighted by Crippen LogP contribution is 2.12. The zero-order chi connectivity index (χ0) is 16.5. The molecule has 7 heteroatoms. The Kier molecular flexibility index (Phi) is 7.98. The Bertz CT molecular complexity index is 533. The van der Waals surface area contributed by atoms with Crippen LogP contribution in [-0.2, 0) is 9.59 Å². The van der Waals surface area contributed by atoms with Crippen molar-refractivity contribution in [3.8, 4) is 0 Å². The van der Waals surface area contributed by atoms with Gasteiger partial charge in [0.15, 0.2) is 5.78 Å². The topological polar surface area (TPSA) is 83.5 Å². The van der Waals surface area contributed by atoms with Crippen LogP contribution in [0, 0.1) is 0 Å². The van der Waals surface area contributed by atoms with E-state index in [9.17, 15) is 14.4 Å². The number of carboxylic acids is 1. The molecule has 0 aliphatic rings. The largest absolute Gasteiger partial charge is 0.480 e. The van der Waals surface area contributed by atoms with Crippen LogP contribution in [0.5, 0.6) is 0 Å². The van der Waals surface area contributed by atoms with E-state index in [4.69, 9.17) is 16.7 Å². The molecular weight excluding hydrogens is 326 g/mol. The summed E-state index contributed by atoms with van der Waals surface area (Å²) >= 11 is 6.90. The summed E-state index contributed by atoms with van der Waals surface area (Å²) in [5.41, 5.74) is 0.534. The second-order valence-corrected chi connectivity index (χ2v) is 6.09. The molecule has 1 aromatic carbocycles. The fourth-order valence-electron chi connectivity index (χ4n) is 1.74. The second-order valence-electron chi connectivity index (χ2n) is 4.67. The lowest BCUT2D eigenvalue weighted by Gasteiger charge is -2.13. The third-order valence-corrected chi connectivity index (χ3v) is 4.03. The predicted octanol–water partition coefficient (Wildman–Crippen LogP) is 2.63. The van der Waals surface area contributed by atoms with Gasteiger partial charge in [-0.3, -0.25) is 9.59 Å². The van der Waals surface area contributed by atoms with Crippen LogP contribution in [0.2, 0.25) is 5.02 Å². The number of rotatable bonds is 9. The van der Waals surface area contributed by atoms with E-state index in [0.29, 0.717) is 23.4 Å². The third-order valence-electron chi connectivity index (χ3n) is 2.84. The van der Waals surface area contributed by atoms with E-state index in [-0.39, 0.29) is 23.2 Å². The molecular formula is C15H18ClNO4S. The number of amides is 1. The highest BCUT2D eigenvalue weighted by molar-refractivity contribution is 8.00. The van der Waals surface area contributed by atoms with Crippen LogP contribution >= 0.6 is 23.4 Å². The van der Waals surface area contributed by atoms with E-state index in [1.54, 1.807) is 24.3 Å². The van der Waals surface area contributed by atoms with E-state index in [1.807, 2.05) is 6.92 Å². The van der Waals surface area contributed by atoms with Gasteiger partial charge in [-0.25, -0.2) is 4.79 Å². The summed E-state index contributed by atoms with van der Waals surface area (Å²) in [5, 5.41) is 12.0. The maximum Gasteiger partial charge on any atom is 0.326 e. The van der Waals surface area contributed by atoms with Crippen molar-refractivity contribution in [2.45, 2.75) is 25.8 Å². The summed E-state index contributed by atoms with van der Waals surface area (Å²) in [4.78, 5) is 34.5. The first-order chi connectivity index (χ1) is 10.4. The van der Waals surface area contributed by atoms with Crippen molar-refractivity contribution < 1.29 is 19.5 Å². The average molecular weight is 344 g/mol. The van der Waals surface area contributed by atoms with E-state index >= 15 is 0 Å². The van der Waals surface area contributed by atoms with Crippen LogP contribution < -0.4 is 5.32 Å². The van der Waals surface area contributed by atoms with Crippen molar-refractivity contribution in [1.29, 1.82) is 0 Å². The smallest absolute Gasteiger partial charge is 0.326 e. The van der Waals surface area contributed by atoms with Crippen molar-refractivity contribution in [3.05, 3.63) is 34.9 Å². The number of nitrogens with one attached hydrogen (secondary N) is 1. The average Bonchev–Trinajstić information content (AvgIpc) is 2.47. The number of carbonyl (C=O) groups is 3. The van der Waals surface area contributed by atoms with Gasteiger partial charge in [-0.05, 0) is 30.7 Å². The molecule has 0 fully saturated rings. The van der Waals surface area contributed by atoms with Crippen LogP contribution in [0.3, 0.4) is 0 Å². The summed E-state index contributed by atoms with van der Waals surface area (Å²) in [5.74, 6) is -1.32. The molecule has 0 saturated carbocycles. The lowest BCUT2D eigenvalue weighted by Crippen LogP contribution is -2.41. The Hall–Kier alpha value is -1.53. The molecule has 1 amide bonds. The number of aliphatic carboxylic acids is 1. The molecule has 22 heavy (non-hydrogen) atoms. The van der Waals surface area contributed by atoms with Gasteiger partial charge in [0.1, 0.15) is 6.04 Å². The second kappa shape index (κ2) is 9.48. The van der Waals surface area contributed by atoms with Crippen LogP contribution in [-0.4, -0.2) is 40.3 Å². The summed E-state index contributed by atoms with van der Waals surface area (Å²) in [7, 11) is 0. The third kappa shape index (κ3) is 6.49. The van der Waals surface area contributed by atoms with Crippen molar-refractivity contribution in [2.75, 3.05) is 11.5 Å². The van der Waals surface area contributed by atoms with Gasteiger partial charge in [0, 0.05) is 10.6 Å². The van der Waals surface area contributed by atoms with Crippen LogP contribution in [0.15, 0.2) is 24.3 Å². The zero-order valence-corrected chi connectivity index (χ0v) is 13.7. The summed E-state index contributed by atoms with van der Waals surface area (Å²) < 4.78 is 0. The highest BCUT2D eigenvalue weighted by atomic mass is 35.5. The molecule has 120 valence electrons. The van der Waals surface area contributed by atoms with Crippen molar-refractivity contribution in [3.63, 3.8) is 0 Å². The van der Waals surface area contributed by atoms with E-state index in [1.165, 1.54) is 0 Å². The minimum atomic E-state index is -1.04. The van der Waals surface area contributed by atoms with Gasteiger partial charge in [0.25, 0.3) is 0 Å².